The largest absolute Gasteiger partial charge is 0.482 e. The Morgan fingerprint density at radius 1 is 1.57 bits per heavy atom. The monoisotopic (exact) mass is 198 g/mol. The second-order valence-electron chi connectivity index (χ2n) is 2.84. The van der Waals surface area contributed by atoms with Crippen molar-refractivity contribution in [2.24, 2.45) is 0 Å². The lowest BCUT2D eigenvalue weighted by Crippen LogP contribution is -2.10. The van der Waals surface area contributed by atoms with Crippen molar-refractivity contribution >= 4 is 5.97 Å². The molecule has 0 bridgehead atoms. The Kier molecular flexibility index (Phi) is 3.45. The Balaban J connectivity index is 2.79. The van der Waals surface area contributed by atoms with Gasteiger partial charge in [0.2, 0.25) is 0 Å². The van der Waals surface area contributed by atoms with Crippen LogP contribution >= 0.6 is 0 Å². The van der Waals surface area contributed by atoms with Crippen LogP contribution in [0.25, 0.3) is 0 Å². The summed E-state index contributed by atoms with van der Waals surface area (Å²) < 4.78 is 17.9. The van der Waals surface area contributed by atoms with Gasteiger partial charge in [-0.15, -0.1) is 0 Å². The number of carbonyl (C=O) groups is 1. The molecule has 1 aromatic rings. The minimum Gasteiger partial charge on any atom is -0.482 e. The van der Waals surface area contributed by atoms with Gasteiger partial charge < -0.3 is 9.84 Å². The Morgan fingerprint density at radius 2 is 2.21 bits per heavy atom. The zero-order valence-corrected chi connectivity index (χ0v) is 7.74. The van der Waals surface area contributed by atoms with E-state index in [4.69, 9.17) is 9.84 Å². The van der Waals surface area contributed by atoms with Crippen molar-refractivity contribution in [2.45, 2.75) is 13.1 Å². The third-order valence-electron chi connectivity index (χ3n) is 1.70. The van der Waals surface area contributed by atoms with Gasteiger partial charge >= 0.3 is 5.97 Å². The van der Waals surface area contributed by atoms with Crippen molar-refractivity contribution in [1.82, 2.24) is 0 Å². The van der Waals surface area contributed by atoms with E-state index in [1.807, 2.05) is 0 Å². The molecule has 0 radical (unpaired) electrons. The molecule has 1 rings (SSSR count). The van der Waals surface area contributed by atoms with Crippen LogP contribution in [0.5, 0.6) is 5.75 Å². The maximum atomic E-state index is 13.0. The molecule has 1 unspecified atom stereocenters. The zero-order chi connectivity index (χ0) is 10.6. The van der Waals surface area contributed by atoms with Gasteiger partial charge in [-0.3, -0.25) is 0 Å². The molecular formula is C10H11FO3. The molecule has 14 heavy (non-hydrogen) atoms. The highest BCUT2D eigenvalue weighted by molar-refractivity contribution is 5.68. The molecule has 1 N–H and O–H groups in total. The van der Waals surface area contributed by atoms with Gasteiger partial charge in [-0.1, -0.05) is 18.2 Å². The number of para-hydroxylation sites is 1. The van der Waals surface area contributed by atoms with Gasteiger partial charge in [0.15, 0.2) is 6.61 Å². The fourth-order valence-electron chi connectivity index (χ4n) is 1.08. The summed E-state index contributed by atoms with van der Waals surface area (Å²) in [6.07, 6.45) is -1.17. The average Bonchev–Trinajstić information content (AvgIpc) is 2.15. The van der Waals surface area contributed by atoms with Crippen LogP contribution in [0, 0.1) is 0 Å². The van der Waals surface area contributed by atoms with E-state index in [1.165, 1.54) is 6.92 Å². The quantitative estimate of drug-likeness (QED) is 0.806. The van der Waals surface area contributed by atoms with E-state index in [-0.39, 0.29) is 5.75 Å². The summed E-state index contributed by atoms with van der Waals surface area (Å²) in [6, 6.07) is 6.47. The molecule has 4 heteroatoms. The van der Waals surface area contributed by atoms with Crippen LogP contribution in [-0.4, -0.2) is 17.7 Å². The average molecular weight is 198 g/mol. The molecule has 1 atom stereocenters. The molecule has 0 aliphatic carbocycles. The van der Waals surface area contributed by atoms with Crippen molar-refractivity contribution < 1.29 is 19.0 Å². The van der Waals surface area contributed by atoms with Crippen LogP contribution < -0.4 is 4.74 Å². The second kappa shape index (κ2) is 4.60. The summed E-state index contributed by atoms with van der Waals surface area (Å²) in [4.78, 5) is 10.2. The highest BCUT2D eigenvalue weighted by Gasteiger charge is 2.10. The fraction of sp³-hybridized carbons (Fsp3) is 0.300. The van der Waals surface area contributed by atoms with Crippen molar-refractivity contribution in [3.8, 4) is 5.75 Å². The van der Waals surface area contributed by atoms with Gasteiger partial charge in [0.1, 0.15) is 11.9 Å². The van der Waals surface area contributed by atoms with E-state index in [0.29, 0.717) is 5.56 Å². The number of hydrogen-bond acceptors (Lipinski definition) is 2. The molecule has 0 aliphatic rings. The lowest BCUT2D eigenvalue weighted by Gasteiger charge is -2.09. The number of rotatable bonds is 4. The maximum absolute atomic E-state index is 13.0. The number of carboxylic acids is 1. The SMILES string of the molecule is CC(F)c1ccccc1OCC(=O)O. The predicted molar refractivity (Wildman–Crippen MR) is 49.1 cm³/mol. The van der Waals surface area contributed by atoms with E-state index in [9.17, 15) is 9.18 Å². The number of halogens is 1. The number of hydrogen-bond donors (Lipinski definition) is 1. The van der Waals surface area contributed by atoms with E-state index in [2.05, 4.69) is 0 Å². The normalized spacial score (nSPS) is 12.1. The van der Waals surface area contributed by atoms with E-state index >= 15 is 0 Å². The first-order chi connectivity index (χ1) is 6.61. The van der Waals surface area contributed by atoms with Crippen molar-refractivity contribution in [2.75, 3.05) is 6.61 Å². The van der Waals surface area contributed by atoms with Crippen molar-refractivity contribution in [3.63, 3.8) is 0 Å². The van der Waals surface area contributed by atoms with Gasteiger partial charge in [0.05, 0.1) is 0 Å². The number of aliphatic carboxylic acids is 1. The molecule has 0 saturated carbocycles. The van der Waals surface area contributed by atoms with Gasteiger partial charge in [-0.05, 0) is 13.0 Å². The molecule has 0 aliphatic heterocycles. The lowest BCUT2D eigenvalue weighted by molar-refractivity contribution is -0.139. The molecule has 1 aromatic carbocycles. The Morgan fingerprint density at radius 3 is 2.79 bits per heavy atom. The first-order valence-corrected chi connectivity index (χ1v) is 4.19. The molecular weight excluding hydrogens is 187 g/mol. The molecule has 0 aromatic heterocycles. The van der Waals surface area contributed by atoms with Crippen LogP contribution in [-0.2, 0) is 4.79 Å². The molecule has 0 fully saturated rings. The van der Waals surface area contributed by atoms with Crippen LogP contribution in [0.15, 0.2) is 24.3 Å². The fourth-order valence-corrected chi connectivity index (χ4v) is 1.08. The van der Waals surface area contributed by atoms with Gasteiger partial charge in [0, 0.05) is 5.56 Å². The summed E-state index contributed by atoms with van der Waals surface area (Å²) in [5.74, 6) is -0.795. The van der Waals surface area contributed by atoms with Crippen molar-refractivity contribution in [1.29, 1.82) is 0 Å². The summed E-state index contributed by atoms with van der Waals surface area (Å²) in [6.45, 7) is 0.923. The van der Waals surface area contributed by atoms with Crippen molar-refractivity contribution in [3.05, 3.63) is 29.8 Å². The zero-order valence-electron chi connectivity index (χ0n) is 7.74. The van der Waals surface area contributed by atoms with Gasteiger partial charge in [0.25, 0.3) is 0 Å². The molecule has 0 saturated heterocycles. The predicted octanol–water partition coefficient (Wildman–Crippen LogP) is 2.18. The van der Waals surface area contributed by atoms with Crippen LogP contribution in [0.3, 0.4) is 0 Å². The summed E-state index contributed by atoms with van der Waals surface area (Å²) in [5, 5.41) is 8.39. The molecule has 3 nitrogen and oxygen atoms in total. The molecule has 0 amide bonds. The molecule has 76 valence electrons. The second-order valence-corrected chi connectivity index (χ2v) is 2.84. The maximum Gasteiger partial charge on any atom is 0.341 e. The minimum atomic E-state index is -1.17. The minimum absolute atomic E-state index is 0.282. The Hall–Kier alpha value is -1.58. The molecule has 0 heterocycles. The third kappa shape index (κ3) is 2.73. The van der Waals surface area contributed by atoms with Gasteiger partial charge in [-0.2, -0.15) is 0 Å². The Bertz CT molecular complexity index is 323. The first kappa shape index (κ1) is 10.5. The first-order valence-electron chi connectivity index (χ1n) is 4.19. The van der Waals surface area contributed by atoms with Gasteiger partial charge in [-0.25, -0.2) is 9.18 Å². The number of benzene rings is 1. The number of carboxylic acid groups (broad SMARTS) is 1. The topological polar surface area (TPSA) is 46.5 Å². The molecule has 0 spiro atoms. The lowest BCUT2D eigenvalue weighted by atomic mass is 10.1. The summed E-state index contributed by atoms with van der Waals surface area (Å²) in [7, 11) is 0. The standard InChI is InChI=1S/C10H11FO3/c1-7(11)8-4-2-3-5-9(8)14-6-10(12)13/h2-5,7H,6H2,1H3,(H,12,13). The smallest absolute Gasteiger partial charge is 0.341 e. The summed E-state index contributed by atoms with van der Waals surface area (Å²) in [5.41, 5.74) is 0.369. The highest BCUT2D eigenvalue weighted by Crippen LogP contribution is 2.26. The van der Waals surface area contributed by atoms with E-state index in [0.717, 1.165) is 0 Å². The van der Waals surface area contributed by atoms with Crippen LogP contribution in [0.1, 0.15) is 18.7 Å². The Labute approximate surface area is 81.1 Å². The highest BCUT2D eigenvalue weighted by atomic mass is 19.1. The van der Waals surface area contributed by atoms with E-state index < -0.39 is 18.7 Å². The van der Waals surface area contributed by atoms with Crippen LogP contribution in [0.4, 0.5) is 4.39 Å². The summed E-state index contributed by atoms with van der Waals surface area (Å²) >= 11 is 0. The number of alkyl halides is 1. The number of ether oxygens (including phenoxy) is 1. The van der Waals surface area contributed by atoms with Crippen LogP contribution in [0.2, 0.25) is 0 Å². The third-order valence-corrected chi connectivity index (χ3v) is 1.70. The van der Waals surface area contributed by atoms with E-state index in [1.54, 1.807) is 24.3 Å².